The molecule has 1 heterocycles. The number of esters is 1. The number of halogens is 1. The van der Waals surface area contributed by atoms with E-state index in [1.807, 2.05) is 6.07 Å². The predicted octanol–water partition coefficient (Wildman–Crippen LogP) is 2.14. The maximum absolute atomic E-state index is 12.5. The normalized spacial score (nSPS) is 18.6. The van der Waals surface area contributed by atoms with Crippen molar-refractivity contribution in [1.82, 2.24) is 15.5 Å². The van der Waals surface area contributed by atoms with Crippen molar-refractivity contribution in [3.63, 3.8) is 0 Å². The molecule has 0 aromatic heterocycles. The van der Waals surface area contributed by atoms with E-state index >= 15 is 0 Å². The number of urea groups is 1. The first-order valence-corrected chi connectivity index (χ1v) is 10.0. The van der Waals surface area contributed by atoms with Crippen LogP contribution in [0.15, 0.2) is 24.3 Å². The van der Waals surface area contributed by atoms with Crippen LogP contribution >= 0.6 is 11.6 Å². The number of carbonyl (C=O) groups is 4. The van der Waals surface area contributed by atoms with Gasteiger partial charge < -0.3 is 15.4 Å². The van der Waals surface area contributed by atoms with E-state index in [4.69, 9.17) is 16.3 Å². The fourth-order valence-electron chi connectivity index (χ4n) is 3.68. The molecule has 1 aromatic carbocycles. The molecule has 0 unspecified atom stereocenters. The van der Waals surface area contributed by atoms with Crippen LogP contribution in [0.3, 0.4) is 0 Å². The molecule has 3 rings (SSSR count). The molecule has 1 saturated carbocycles. The molecule has 2 aliphatic rings. The quantitative estimate of drug-likeness (QED) is 0.518. The second-order valence-electron chi connectivity index (χ2n) is 7.37. The number of imide groups is 1. The molecule has 0 radical (unpaired) electrons. The van der Waals surface area contributed by atoms with Crippen LogP contribution in [0.2, 0.25) is 5.02 Å². The van der Waals surface area contributed by atoms with Gasteiger partial charge in [-0.25, -0.2) is 4.79 Å². The zero-order chi connectivity index (χ0) is 21.0. The first-order chi connectivity index (χ1) is 13.8. The largest absolute Gasteiger partial charge is 0.452 e. The van der Waals surface area contributed by atoms with E-state index in [1.54, 1.807) is 18.2 Å². The number of ether oxygens (including phenoxy) is 1. The van der Waals surface area contributed by atoms with Crippen LogP contribution in [0.25, 0.3) is 0 Å². The van der Waals surface area contributed by atoms with Crippen LogP contribution in [-0.4, -0.2) is 46.9 Å². The summed E-state index contributed by atoms with van der Waals surface area (Å²) in [5.74, 6) is -1.39. The third-order valence-electron chi connectivity index (χ3n) is 5.33. The number of hydrogen-bond donors (Lipinski definition) is 2. The first-order valence-electron chi connectivity index (χ1n) is 9.67. The fraction of sp³-hybridized carbons (Fsp3) is 0.500. The first kappa shape index (κ1) is 21.1. The zero-order valence-electron chi connectivity index (χ0n) is 16.2. The molecular formula is C20H24ClN3O5. The topological polar surface area (TPSA) is 105 Å². The molecule has 1 aromatic rings. The molecule has 9 heteroatoms. The Kier molecular flexibility index (Phi) is 6.42. The summed E-state index contributed by atoms with van der Waals surface area (Å²) in [5, 5.41) is 5.95. The van der Waals surface area contributed by atoms with E-state index < -0.39 is 29.6 Å². The Bertz CT molecular complexity index is 822. The van der Waals surface area contributed by atoms with Gasteiger partial charge in [-0.1, -0.05) is 42.6 Å². The summed E-state index contributed by atoms with van der Waals surface area (Å²) >= 11 is 6.04. The highest BCUT2D eigenvalue weighted by Crippen LogP contribution is 2.35. The Morgan fingerprint density at radius 2 is 1.97 bits per heavy atom. The summed E-state index contributed by atoms with van der Waals surface area (Å²) in [5.41, 5.74) is -0.0483. The average molecular weight is 422 g/mol. The third kappa shape index (κ3) is 4.70. The van der Waals surface area contributed by atoms with Crippen molar-refractivity contribution >= 4 is 35.4 Å². The molecule has 1 spiro atoms. The van der Waals surface area contributed by atoms with E-state index in [2.05, 4.69) is 10.6 Å². The Balaban J connectivity index is 1.44. The number of benzene rings is 1. The maximum atomic E-state index is 12.5. The van der Waals surface area contributed by atoms with Gasteiger partial charge >= 0.3 is 12.0 Å². The highest BCUT2D eigenvalue weighted by molar-refractivity contribution is 6.31. The van der Waals surface area contributed by atoms with Gasteiger partial charge in [0.05, 0.1) is 6.42 Å². The molecule has 0 bridgehead atoms. The summed E-state index contributed by atoms with van der Waals surface area (Å²) in [6.45, 7) is 1.60. The van der Waals surface area contributed by atoms with Crippen molar-refractivity contribution in [2.75, 3.05) is 6.54 Å². The van der Waals surface area contributed by atoms with Gasteiger partial charge in [0.15, 0.2) is 6.10 Å². The van der Waals surface area contributed by atoms with Crippen LogP contribution < -0.4 is 10.6 Å². The predicted molar refractivity (Wildman–Crippen MR) is 105 cm³/mol. The van der Waals surface area contributed by atoms with Gasteiger partial charge in [-0.15, -0.1) is 0 Å². The average Bonchev–Trinajstić information content (AvgIpc) is 3.24. The Labute approximate surface area is 173 Å². The van der Waals surface area contributed by atoms with Crippen LogP contribution in [0.1, 0.15) is 44.6 Å². The molecule has 4 amide bonds. The van der Waals surface area contributed by atoms with Gasteiger partial charge in [-0.2, -0.15) is 0 Å². The second kappa shape index (κ2) is 8.82. The molecule has 2 fully saturated rings. The molecular weight excluding hydrogens is 398 g/mol. The van der Waals surface area contributed by atoms with Crippen molar-refractivity contribution in [2.45, 2.75) is 57.2 Å². The number of carbonyl (C=O) groups excluding carboxylic acids is 4. The minimum absolute atomic E-state index is 0.0702. The molecule has 8 nitrogen and oxygen atoms in total. The molecule has 1 atom stereocenters. The van der Waals surface area contributed by atoms with Crippen molar-refractivity contribution < 1.29 is 23.9 Å². The van der Waals surface area contributed by atoms with E-state index in [9.17, 15) is 19.2 Å². The van der Waals surface area contributed by atoms with Gasteiger partial charge in [0.25, 0.3) is 11.8 Å². The van der Waals surface area contributed by atoms with Crippen molar-refractivity contribution in [3.05, 3.63) is 34.9 Å². The minimum atomic E-state index is -1.01. The highest BCUT2D eigenvalue weighted by atomic mass is 35.5. The van der Waals surface area contributed by atoms with Crippen LogP contribution in [0, 0.1) is 0 Å². The second-order valence-corrected chi connectivity index (χ2v) is 7.77. The Morgan fingerprint density at radius 1 is 1.28 bits per heavy atom. The van der Waals surface area contributed by atoms with E-state index in [1.165, 1.54) is 6.92 Å². The maximum Gasteiger partial charge on any atom is 0.325 e. The lowest BCUT2D eigenvalue weighted by atomic mass is 9.98. The summed E-state index contributed by atoms with van der Waals surface area (Å²) in [6.07, 6.45) is 1.86. The van der Waals surface area contributed by atoms with Crippen LogP contribution in [0.4, 0.5) is 4.79 Å². The fourth-order valence-corrected chi connectivity index (χ4v) is 3.88. The summed E-state index contributed by atoms with van der Waals surface area (Å²) in [7, 11) is 0. The van der Waals surface area contributed by atoms with E-state index in [0.717, 1.165) is 23.3 Å². The van der Waals surface area contributed by atoms with Crippen molar-refractivity contribution in [1.29, 1.82) is 0 Å². The van der Waals surface area contributed by atoms with Gasteiger partial charge in [0.1, 0.15) is 5.54 Å². The number of nitrogens with zero attached hydrogens (tertiary/aromatic N) is 1. The summed E-state index contributed by atoms with van der Waals surface area (Å²) in [6, 6.07) is 6.63. The SMILES string of the molecule is C[C@@H](OC(=O)CCN1C(=O)NC2(CCCC2)C1=O)C(=O)NCc1ccccc1Cl. The number of rotatable bonds is 7. The number of nitrogens with one attached hydrogen (secondary N) is 2. The van der Waals surface area contributed by atoms with Gasteiger partial charge in [0.2, 0.25) is 0 Å². The Hall–Kier alpha value is -2.61. The van der Waals surface area contributed by atoms with Gasteiger partial charge in [-0.05, 0) is 31.4 Å². The zero-order valence-corrected chi connectivity index (χ0v) is 17.0. The smallest absolute Gasteiger partial charge is 0.325 e. The molecule has 156 valence electrons. The van der Waals surface area contributed by atoms with E-state index in [-0.39, 0.29) is 25.4 Å². The molecule has 1 aliphatic carbocycles. The van der Waals surface area contributed by atoms with E-state index in [0.29, 0.717) is 17.9 Å². The Morgan fingerprint density at radius 3 is 2.66 bits per heavy atom. The standard InChI is InChI=1S/C20H24ClN3O5/c1-13(17(26)22-12-14-6-2-3-7-15(14)21)29-16(25)8-11-24-18(27)20(23-19(24)28)9-4-5-10-20/h2-3,6-7,13H,4-5,8-12H2,1H3,(H,22,26)(H,23,28)/t13-/m1/s1. The van der Waals surface area contributed by atoms with Crippen LogP contribution in [0.5, 0.6) is 0 Å². The molecule has 2 N–H and O–H groups in total. The highest BCUT2D eigenvalue weighted by Gasteiger charge is 2.52. The monoisotopic (exact) mass is 421 g/mol. The van der Waals surface area contributed by atoms with Crippen LogP contribution in [-0.2, 0) is 25.7 Å². The molecule has 29 heavy (non-hydrogen) atoms. The number of hydrogen-bond acceptors (Lipinski definition) is 5. The third-order valence-corrected chi connectivity index (χ3v) is 5.70. The molecule has 1 saturated heterocycles. The van der Waals surface area contributed by atoms with Gasteiger partial charge in [0, 0.05) is 18.1 Å². The summed E-state index contributed by atoms with van der Waals surface area (Å²) < 4.78 is 5.12. The lowest BCUT2D eigenvalue weighted by Crippen LogP contribution is -2.44. The summed E-state index contributed by atoms with van der Waals surface area (Å²) in [4.78, 5) is 49.9. The van der Waals surface area contributed by atoms with Crippen molar-refractivity contribution in [2.24, 2.45) is 0 Å². The minimum Gasteiger partial charge on any atom is -0.452 e. The van der Waals surface area contributed by atoms with Crippen molar-refractivity contribution in [3.8, 4) is 0 Å². The lowest BCUT2D eigenvalue weighted by Gasteiger charge is -2.20. The molecule has 1 aliphatic heterocycles. The number of amides is 4. The van der Waals surface area contributed by atoms with Gasteiger partial charge in [-0.3, -0.25) is 19.3 Å². The lowest BCUT2D eigenvalue weighted by molar-refractivity contribution is -0.155.